The second kappa shape index (κ2) is 6.91. The van der Waals surface area contributed by atoms with Gasteiger partial charge in [-0.05, 0) is 34.1 Å². The molecule has 2 aromatic carbocycles. The summed E-state index contributed by atoms with van der Waals surface area (Å²) in [6, 6.07) is 16.7. The van der Waals surface area contributed by atoms with Crippen molar-refractivity contribution in [2.75, 3.05) is 0 Å². The van der Waals surface area contributed by atoms with Crippen LogP contribution >= 0.6 is 0 Å². The SMILES string of the molecule is CC(C)c1ccc(C(O)Cc2ccccc2)c(C(C)C)c1. The van der Waals surface area contributed by atoms with Gasteiger partial charge in [-0.2, -0.15) is 0 Å². The summed E-state index contributed by atoms with van der Waals surface area (Å²) in [5.41, 5.74) is 4.85. The number of hydrogen-bond donors (Lipinski definition) is 1. The van der Waals surface area contributed by atoms with Crippen LogP contribution in [0.5, 0.6) is 0 Å². The fraction of sp³-hybridized carbons (Fsp3) is 0.400. The van der Waals surface area contributed by atoms with Crippen LogP contribution < -0.4 is 0 Å². The number of aliphatic hydroxyl groups excluding tert-OH is 1. The molecule has 0 bridgehead atoms. The summed E-state index contributed by atoms with van der Waals surface area (Å²) in [6.07, 6.45) is 0.229. The van der Waals surface area contributed by atoms with E-state index in [-0.39, 0.29) is 0 Å². The van der Waals surface area contributed by atoms with E-state index >= 15 is 0 Å². The minimum absolute atomic E-state index is 0.420. The molecule has 2 aromatic rings. The van der Waals surface area contributed by atoms with Crippen LogP contribution in [0, 0.1) is 0 Å². The van der Waals surface area contributed by atoms with E-state index in [1.165, 1.54) is 16.7 Å². The Labute approximate surface area is 128 Å². The van der Waals surface area contributed by atoms with E-state index in [1.54, 1.807) is 0 Å². The molecule has 0 heterocycles. The minimum Gasteiger partial charge on any atom is -0.388 e. The van der Waals surface area contributed by atoms with Crippen LogP contribution in [0.25, 0.3) is 0 Å². The van der Waals surface area contributed by atoms with E-state index in [0.29, 0.717) is 18.3 Å². The third kappa shape index (κ3) is 3.95. The van der Waals surface area contributed by atoms with Crippen molar-refractivity contribution in [1.29, 1.82) is 0 Å². The molecule has 112 valence electrons. The summed E-state index contributed by atoms with van der Waals surface area (Å²) in [4.78, 5) is 0. The fourth-order valence-electron chi connectivity index (χ4n) is 2.70. The highest BCUT2D eigenvalue weighted by atomic mass is 16.3. The summed E-state index contributed by atoms with van der Waals surface area (Å²) in [7, 11) is 0. The Bertz CT molecular complexity index is 570. The molecule has 1 nitrogen and oxygen atoms in total. The molecule has 1 atom stereocenters. The maximum Gasteiger partial charge on any atom is 0.0833 e. The van der Waals surface area contributed by atoms with Crippen LogP contribution in [-0.2, 0) is 6.42 Å². The van der Waals surface area contributed by atoms with Gasteiger partial charge in [0.15, 0.2) is 0 Å². The second-order valence-electron chi connectivity index (χ2n) is 6.40. The number of hydrogen-bond acceptors (Lipinski definition) is 1. The molecule has 0 spiro atoms. The number of rotatable bonds is 5. The van der Waals surface area contributed by atoms with Gasteiger partial charge in [0.1, 0.15) is 0 Å². The van der Waals surface area contributed by atoms with Gasteiger partial charge in [0.2, 0.25) is 0 Å². The zero-order valence-corrected chi connectivity index (χ0v) is 13.5. The normalized spacial score (nSPS) is 12.9. The minimum atomic E-state index is -0.439. The van der Waals surface area contributed by atoms with Crippen molar-refractivity contribution in [1.82, 2.24) is 0 Å². The average Bonchev–Trinajstić information content (AvgIpc) is 2.47. The molecule has 1 unspecified atom stereocenters. The predicted octanol–water partition coefficient (Wildman–Crippen LogP) is 5.21. The lowest BCUT2D eigenvalue weighted by atomic mass is 9.88. The molecule has 0 aromatic heterocycles. The van der Waals surface area contributed by atoms with E-state index in [9.17, 15) is 5.11 Å². The molecule has 0 aliphatic heterocycles. The van der Waals surface area contributed by atoms with Crippen molar-refractivity contribution in [3.05, 3.63) is 70.8 Å². The van der Waals surface area contributed by atoms with Crippen molar-refractivity contribution in [3.63, 3.8) is 0 Å². The van der Waals surface area contributed by atoms with Gasteiger partial charge in [0.25, 0.3) is 0 Å². The average molecular weight is 282 g/mol. The van der Waals surface area contributed by atoms with Crippen molar-refractivity contribution >= 4 is 0 Å². The van der Waals surface area contributed by atoms with Crippen molar-refractivity contribution < 1.29 is 5.11 Å². The summed E-state index contributed by atoms with van der Waals surface area (Å²) in [5, 5.41) is 10.6. The summed E-state index contributed by atoms with van der Waals surface area (Å²) >= 11 is 0. The summed E-state index contributed by atoms with van der Waals surface area (Å²) in [5.74, 6) is 0.937. The topological polar surface area (TPSA) is 20.2 Å². The maximum absolute atomic E-state index is 10.6. The number of benzene rings is 2. The van der Waals surface area contributed by atoms with Crippen LogP contribution in [0.3, 0.4) is 0 Å². The van der Waals surface area contributed by atoms with Crippen LogP contribution in [0.4, 0.5) is 0 Å². The van der Waals surface area contributed by atoms with Crippen molar-refractivity contribution in [2.45, 2.75) is 52.1 Å². The van der Waals surface area contributed by atoms with Gasteiger partial charge in [0.05, 0.1) is 6.10 Å². The van der Waals surface area contributed by atoms with Gasteiger partial charge in [-0.15, -0.1) is 0 Å². The molecule has 21 heavy (non-hydrogen) atoms. The zero-order chi connectivity index (χ0) is 15.4. The maximum atomic E-state index is 10.6. The summed E-state index contributed by atoms with van der Waals surface area (Å²) < 4.78 is 0. The molecule has 0 saturated heterocycles. The first-order valence-corrected chi connectivity index (χ1v) is 7.84. The molecular formula is C20H26O. The summed E-state index contributed by atoms with van der Waals surface area (Å²) in [6.45, 7) is 8.80. The molecule has 0 amide bonds. The largest absolute Gasteiger partial charge is 0.388 e. The third-order valence-corrected chi connectivity index (χ3v) is 4.03. The van der Waals surface area contributed by atoms with E-state index in [2.05, 4.69) is 58.0 Å². The highest BCUT2D eigenvalue weighted by Gasteiger charge is 2.16. The van der Waals surface area contributed by atoms with Gasteiger partial charge < -0.3 is 5.11 Å². The first-order chi connectivity index (χ1) is 9.99. The lowest BCUT2D eigenvalue weighted by Crippen LogP contribution is -2.07. The third-order valence-electron chi connectivity index (χ3n) is 4.03. The zero-order valence-electron chi connectivity index (χ0n) is 13.5. The van der Waals surface area contributed by atoms with Gasteiger partial charge in [-0.1, -0.05) is 76.2 Å². The molecular weight excluding hydrogens is 256 g/mol. The smallest absolute Gasteiger partial charge is 0.0833 e. The lowest BCUT2D eigenvalue weighted by Gasteiger charge is -2.20. The molecule has 0 aliphatic rings. The Balaban J connectivity index is 2.29. The van der Waals surface area contributed by atoms with E-state index < -0.39 is 6.10 Å². The molecule has 0 fully saturated rings. The fourth-order valence-corrected chi connectivity index (χ4v) is 2.70. The van der Waals surface area contributed by atoms with Crippen molar-refractivity contribution in [2.24, 2.45) is 0 Å². The molecule has 0 radical (unpaired) electrons. The quantitative estimate of drug-likeness (QED) is 0.798. The van der Waals surface area contributed by atoms with Crippen LogP contribution in [0.2, 0.25) is 0 Å². The van der Waals surface area contributed by atoms with Crippen molar-refractivity contribution in [3.8, 4) is 0 Å². The van der Waals surface area contributed by atoms with Crippen LogP contribution in [0.15, 0.2) is 48.5 Å². The Kier molecular flexibility index (Phi) is 5.19. The van der Waals surface area contributed by atoms with Crippen LogP contribution in [0.1, 0.15) is 67.9 Å². The molecule has 1 heteroatoms. The van der Waals surface area contributed by atoms with Gasteiger partial charge >= 0.3 is 0 Å². The highest BCUT2D eigenvalue weighted by molar-refractivity contribution is 5.37. The Morgan fingerprint density at radius 3 is 2.05 bits per heavy atom. The van der Waals surface area contributed by atoms with E-state index in [4.69, 9.17) is 0 Å². The molecule has 0 aliphatic carbocycles. The van der Waals surface area contributed by atoms with Gasteiger partial charge in [-0.3, -0.25) is 0 Å². The Morgan fingerprint density at radius 2 is 1.48 bits per heavy atom. The molecule has 1 N–H and O–H groups in total. The van der Waals surface area contributed by atoms with Gasteiger partial charge in [0, 0.05) is 6.42 Å². The standard InChI is InChI=1S/C20H26O/c1-14(2)17-10-11-18(19(13-17)15(3)4)20(21)12-16-8-6-5-7-9-16/h5-11,13-15,20-21H,12H2,1-4H3. The highest BCUT2D eigenvalue weighted by Crippen LogP contribution is 2.30. The Morgan fingerprint density at radius 1 is 0.810 bits per heavy atom. The molecule has 0 saturated carbocycles. The van der Waals surface area contributed by atoms with E-state index in [0.717, 1.165) is 5.56 Å². The Hall–Kier alpha value is -1.60. The van der Waals surface area contributed by atoms with Crippen LogP contribution in [-0.4, -0.2) is 5.11 Å². The second-order valence-corrected chi connectivity index (χ2v) is 6.40. The number of aliphatic hydroxyl groups is 1. The van der Waals surface area contributed by atoms with Gasteiger partial charge in [-0.25, -0.2) is 0 Å². The monoisotopic (exact) mass is 282 g/mol. The first-order valence-electron chi connectivity index (χ1n) is 7.84. The molecule has 2 rings (SSSR count). The van der Waals surface area contributed by atoms with E-state index in [1.807, 2.05) is 18.2 Å². The predicted molar refractivity (Wildman–Crippen MR) is 89.7 cm³/mol. The lowest BCUT2D eigenvalue weighted by molar-refractivity contribution is 0.177. The first kappa shape index (κ1) is 15.8.